The second kappa shape index (κ2) is 7.62. The molecule has 0 unspecified atom stereocenters. The van der Waals surface area contributed by atoms with E-state index in [0.717, 1.165) is 25.6 Å². The summed E-state index contributed by atoms with van der Waals surface area (Å²) in [6.45, 7) is 4.18. The number of carbonyl (C=O) groups is 1. The Labute approximate surface area is 140 Å². The summed E-state index contributed by atoms with van der Waals surface area (Å²) in [5, 5.41) is 7.38. The largest absolute Gasteiger partial charge is 0.459 e. The fraction of sp³-hybridized carbons (Fsp3) is 0.467. The summed E-state index contributed by atoms with van der Waals surface area (Å²) in [5.74, 6) is 1.16. The zero-order chi connectivity index (χ0) is 16.8. The molecule has 1 saturated heterocycles. The number of amides is 1. The highest BCUT2D eigenvalue weighted by Gasteiger charge is 2.24. The van der Waals surface area contributed by atoms with Gasteiger partial charge in [0.15, 0.2) is 11.7 Å². The second-order valence-corrected chi connectivity index (χ2v) is 5.39. The average Bonchev–Trinajstić information content (AvgIpc) is 3.32. The van der Waals surface area contributed by atoms with Gasteiger partial charge in [0.1, 0.15) is 12.7 Å². The van der Waals surface area contributed by atoms with E-state index in [1.54, 1.807) is 35.1 Å². The Bertz CT molecular complexity index is 658. The van der Waals surface area contributed by atoms with Crippen LogP contribution in [0.2, 0.25) is 0 Å². The first-order valence-electron chi connectivity index (χ1n) is 7.88. The third-order valence-electron chi connectivity index (χ3n) is 3.90. The summed E-state index contributed by atoms with van der Waals surface area (Å²) in [5.41, 5.74) is 0. The lowest BCUT2D eigenvalue weighted by molar-refractivity contribution is 0.0657. The molecule has 0 radical (unpaired) electrons. The molecular formula is C15H21N7O2. The van der Waals surface area contributed by atoms with Gasteiger partial charge in [-0.2, -0.15) is 5.10 Å². The van der Waals surface area contributed by atoms with Gasteiger partial charge in [-0.05, 0) is 12.1 Å². The van der Waals surface area contributed by atoms with E-state index >= 15 is 0 Å². The first-order valence-corrected chi connectivity index (χ1v) is 7.88. The lowest BCUT2D eigenvalue weighted by Gasteiger charge is -2.36. The Morgan fingerprint density at radius 1 is 1.33 bits per heavy atom. The summed E-state index contributed by atoms with van der Waals surface area (Å²) < 4.78 is 6.94. The smallest absolute Gasteiger partial charge is 0.289 e. The highest BCUT2D eigenvalue weighted by atomic mass is 16.3. The normalized spacial score (nSPS) is 15.6. The molecule has 1 aliphatic rings. The van der Waals surface area contributed by atoms with Crippen molar-refractivity contribution in [1.29, 1.82) is 0 Å². The van der Waals surface area contributed by atoms with E-state index in [9.17, 15) is 4.79 Å². The molecule has 1 amide bonds. The molecular weight excluding hydrogens is 310 g/mol. The van der Waals surface area contributed by atoms with Crippen LogP contribution < -0.4 is 5.32 Å². The van der Waals surface area contributed by atoms with Gasteiger partial charge in [-0.3, -0.25) is 14.5 Å². The van der Waals surface area contributed by atoms with Gasteiger partial charge in [0.05, 0.1) is 12.8 Å². The minimum Gasteiger partial charge on any atom is -0.459 e. The van der Waals surface area contributed by atoms with Crippen molar-refractivity contribution >= 4 is 11.9 Å². The van der Waals surface area contributed by atoms with Crippen LogP contribution in [-0.2, 0) is 6.54 Å². The maximum absolute atomic E-state index is 12.3. The lowest BCUT2D eigenvalue weighted by Crippen LogP contribution is -2.54. The minimum atomic E-state index is -0.0613. The number of furan rings is 1. The van der Waals surface area contributed by atoms with E-state index in [1.807, 2.05) is 0 Å². The van der Waals surface area contributed by atoms with Crippen LogP contribution >= 0.6 is 0 Å². The topological polar surface area (TPSA) is 91.8 Å². The summed E-state index contributed by atoms with van der Waals surface area (Å²) in [6.07, 6.45) is 4.72. The second-order valence-electron chi connectivity index (χ2n) is 5.39. The van der Waals surface area contributed by atoms with Crippen LogP contribution in [0, 0.1) is 0 Å². The number of rotatable bonds is 4. The molecule has 0 aliphatic carbocycles. The van der Waals surface area contributed by atoms with Gasteiger partial charge in [0.2, 0.25) is 0 Å². The molecule has 1 aliphatic heterocycles. The molecule has 3 rings (SSSR count). The molecule has 9 nitrogen and oxygen atoms in total. The van der Waals surface area contributed by atoms with Crippen LogP contribution in [-0.4, -0.2) is 76.2 Å². The molecule has 0 saturated carbocycles. The maximum Gasteiger partial charge on any atom is 0.289 e. The van der Waals surface area contributed by atoms with E-state index in [4.69, 9.17) is 4.42 Å². The number of aliphatic imine (C=N–C) groups is 1. The molecule has 0 atom stereocenters. The van der Waals surface area contributed by atoms with Crippen molar-refractivity contribution in [2.75, 3.05) is 39.8 Å². The standard InChI is InChI=1S/C15H21N7O2/c1-16-15(18-4-5-22-12-17-11-19-22)21-8-6-20(7-9-21)14(23)13-3-2-10-24-13/h2-3,10-12H,4-9H2,1H3,(H,16,18). The van der Waals surface area contributed by atoms with Crippen LogP contribution in [0.5, 0.6) is 0 Å². The first-order chi connectivity index (χ1) is 11.8. The van der Waals surface area contributed by atoms with Crippen molar-refractivity contribution in [2.45, 2.75) is 6.54 Å². The summed E-state index contributed by atoms with van der Waals surface area (Å²) in [7, 11) is 1.76. The molecule has 1 N–H and O–H groups in total. The molecule has 3 heterocycles. The predicted octanol–water partition coefficient (Wildman–Crippen LogP) is -0.0955. The Hall–Kier alpha value is -2.84. The van der Waals surface area contributed by atoms with Crippen molar-refractivity contribution in [3.05, 3.63) is 36.8 Å². The monoisotopic (exact) mass is 331 g/mol. The van der Waals surface area contributed by atoms with Crippen LogP contribution in [0.4, 0.5) is 0 Å². The van der Waals surface area contributed by atoms with Crippen molar-refractivity contribution < 1.29 is 9.21 Å². The van der Waals surface area contributed by atoms with Crippen LogP contribution in [0.25, 0.3) is 0 Å². The molecule has 0 aromatic carbocycles. The van der Waals surface area contributed by atoms with E-state index in [0.29, 0.717) is 25.4 Å². The van der Waals surface area contributed by atoms with Gasteiger partial charge in [0.25, 0.3) is 5.91 Å². The fourth-order valence-electron chi connectivity index (χ4n) is 2.64. The van der Waals surface area contributed by atoms with E-state index in [1.165, 1.54) is 12.6 Å². The first kappa shape index (κ1) is 16.0. The van der Waals surface area contributed by atoms with Gasteiger partial charge >= 0.3 is 0 Å². The Morgan fingerprint density at radius 3 is 2.75 bits per heavy atom. The quantitative estimate of drug-likeness (QED) is 0.622. The SMILES string of the molecule is CN=C(NCCn1cncn1)N1CCN(C(=O)c2ccco2)CC1. The molecule has 2 aromatic heterocycles. The maximum atomic E-state index is 12.3. The molecule has 2 aromatic rings. The number of hydrogen-bond acceptors (Lipinski definition) is 5. The number of guanidine groups is 1. The third-order valence-corrected chi connectivity index (χ3v) is 3.90. The van der Waals surface area contributed by atoms with Gasteiger partial charge in [-0.1, -0.05) is 0 Å². The van der Waals surface area contributed by atoms with Crippen LogP contribution in [0.3, 0.4) is 0 Å². The van der Waals surface area contributed by atoms with E-state index in [2.05, 4.69) is 25.3 Å². The number of aromatic nitrogens is 3. The van der Waals surface area contributed by atoms with E-state index < -0.39 is 0 Å². The van der Waals surface area contributed by atoms with Gasteiger partial charge in [0, 0.05) is 39.8 Å². The van der Waals surface area contributed by atoms with Crippen molar-refractivity contribution in [3.63, 3.8) is 0 Å². The van der Waals surface area contributed by atoms with Gasteiger partial charge in [-0.25, -0.2) is 4.98 Å². The van der Waals surface area contributed by atoms with Crippen molar-refractivity contribution in [3.8, 4) is 0 Å². The Kier molecular flexibility index (Phi) is 5.09. The molecule has 128 valence electrons. The lowest BCUT2D eigenvalue weighted by atomic mass is 10.3. The van der Waals surface area contributed by atoms with Gasteiger partial charge < -0.3 is 19.5 Å². The molecule has 1 fully saturated rings. The molecule has 0 spiro atoms. The zero-order valence-corrected chi connectivity index (χ0v) is 13.6. The van der Waals surface area contributed by atoms with E-state index in [-0.39, 0.29) is 5.91 Å². The molecule has 0 bridgehead atoms. The fourth-order valence-corrected chi connectivity index (χ4v) is 2.64. The van der Waals surface area contributed by atoms with Gasteiger partial charge in [-0.15, -0.1) is 0 Å². The Balaban J connectivity index is 1.46. The number of piperazine rings is 1. The highest BCUT2D eigenvalue weighted by molar-refractivity contribution is 5.91. The summed E-state index contributed by atoms with van der Waals surface area (Å²) in [6, 6.07) is 3.42. The minimum absolute atomic E-state index is 0.0613. The van der Waals surface area contributed by atoms with Crippen molar-refractivity contribution in [2.24, 2.45) is 4.99 Å². The Morgan fingerprint density at radius 2 is 2.12 bits per heavy atom. The number of carbonyl (C=O) groups excluding carboxylic acids is 1. The van der Waals surface area contributed by atoms with Crippen LogP contribution in [0.1, 0.15) is 10.6 Å². The average molecular weight is 331 g/mol. The summed E-state index contributed by atoms with van der Waals surface area (Å²) >= 11 is 0. The molecule has 24 heavy (non-hydrogen) atoms. The van der Waals surface area contributed by atoms with Crippen molar-refractivity contribution in [1.82, 2.24) is 29.9 Å². The van der Waals surface area contributed by atoms with Crippen LogP contribution in [0.15, 0.2) is 40.5 Å². The highest BCUT2D eigenvalue weighted by Crippen LogP contribution is 2.09. The number of hydrogen-bond donors (Lipinski definition) is 1. The third kappa shape index (κ3) is 3.73. The number of nitrogens with zero attached hydrogens (tertiary/aromatic N) is 6. The number of nitrogens with one attached hydrogen (secondary N) is 1. The summed E-state index contributed by atoms with van der Waals surface area (Å²) in [4.78, 5) is 24.4. The molecule has 9 heteroatoms. The predicted molar refractivity (Wildman–Crippen MR) is 87.6 cm³/mol. The zero-order valence-electron chi connectivity index (χ0n) is 13.6.